The SMILES string of the molecule is CC(C)(C)c1cc2nnc(-c3cnccn3)n2[nH]1. The third kappa shape index (κ3) is 1.66. The lowest BCUT2D eigenvalue weighted by Crippen LogP contribution is -2.12. The average Bonchev–Trinajstić information content (AvgIpc) is 2.88. The van der Waals surface area contributed by atoms with Gasteiger partial charge in [-0.2, -0.15) is 0 Å². The van der Waals surface area contributed by atoms with E-state index in [9.17, 15) is 0 Å². The van der Waals surface area contributed by atoms with E-state index in [0.717, 1.165) is 11.3 Å². The van der Waals surface area contributed by atoms with Crippen LogP contribution in [0.1, 0.15) is 26.5 Å². The molecule has 0 amide bonds. The molecule has 0 fully saturated rings. The molecule has 0 aliphatic heterocycles. The maximum atomic E-state index is 4.24. The smallest absolute Gasteiger partial charge is 0.203 e. The van der Waals surface area contributed by atoms with E-state index in [1.165, 1.54) is 0 Å². The van der Waals surface area contributed by atoms with Gasteiger partial charge in [0.2, 0.25) is 5.82 Å². The standard InChI is InChI=1S/C12H14N6/c1-12(2,3)9-6-10-15-16-11(18(10)17-9)8-7-13-4-5-14-8/h4-7,17H,1-3H3. The van der Waals surface area contributed by atoms with Gasteiger partial charge >= 0.3 is 0 Å². The van der Waals surface area contributed by atoms with Crippen LogP contribution in [0, 0.1) is 0 Å². The minimum atomic E-state index is 0.0420. The van der Waals surface area contributed by atoms with Gasteiger partial charge in [0.25, 0.3) is 0 Å². The molecule has 0 unspecified atom stereocenters. The predicted molar refractivity (Wildman–Crippen MR) is 67.1 cm³/mol. The van der Waals surface area contributed by atoms with E-state index < -0.39 is 0 Å². The van der Waals surface area contributed by atoms with Crippen LogP contribution in [0.3, 0.4) is 0 Å². The van der Waals surface area contributed by atoms with Crippen molar-refractivity contribution in [3.8, 4) is 11.5 Å². The third-order valence-corrected chi connectivity index (χ3v) is 2.79. The van der Waals surface area contributed by atoms with Crippen molar-refractivity contribution in [3.63, 3.8) is 0 Å². The molecule has 0 bridgehead atoms. The first-order valence-corrected chi connectivity index (χ1v) is 5.77. The van der Waals surface area contributed by atoms with Crippen LogP contribution in [-0.2, 0) is 5.41 Å². The lowest BCUT2D eigenvalue weighted by molar-refractivity contribution is 0.563. The molecule has 0 radical (unpaired) electrons. The van der Waals surface area contributed by atoms with Gasteiger partial charge in [-0.1, -0.05) is 20.8 Å². The molecule has 0 atom stereocenters. The number of hydrogen-bond acceptors (Lipinski definition) is 4. The van der Waals surface area contributed by atoms with Gasteiger partial charge in [0.05, 0.1) is 6.20 Å². The van der Waals surface area contributed by atoms with Crippen LogP contribution in [-0.4, -0.2) is 29.8 Å². The fourth-order valence-corrected chi connectivity index (χ4v) is 1.75. The monoisotopic (exact) mass is 242 g/mol. The summed E-state index contributed by atoms with van der Waals surface area (Å²) in [6, 6.07) is 2.01. The van der Waals surface area contributed by atoms with E-state index in [1.54, 1.807) is 18.6 Å². The molecule has 3 aromatic rings. The molecular weight excluding hydrogens is 228 g/mol. The predicted octanol–water partition coefficient (Wildman–Crippen LogP) is 1.81. The zero-order valence-electron chi connectivity index (χ0n) is 10.5. The molecule has 0 saturated heterocycles. The van der Waals surface area contributed by atoms with Gasteiger partial charge in [0.1, 0.15) is 5.69 Å². The van der Waals surface area contributed by atoms with Gasteiger partial charge in [-0.25, -0.2) is 9.50 Å². The van der Waals surface area contributed by atoms with Crippen LogP contribution in [0.15, 0.2) is 24.7 Å². The summed E-state index contributed by atoms with van der Waals surface area (Å²) in [5, 5.41) is 11.6. The Balaban J connectivity index is 2.18. The Labute approximate surface area is 104 Å². The lowest BCUT2D eigenvalue weighted by atomic mass is 9.93. The highest BCUT2D eigenvalue weighted by Crippen LogP contribution is 2.23. The topological polar surface area (TPSA) is 71.8 Å². The number of nitrogens with one attached hydrogen (secondary N) is 1. The number of H-pyrrole nitrogens is 1. The van der Waals surface area contributed by atoms with Crippen molar-refractivity contribution in [2.45, 2.75) is 26.2 Å². The van der Waals surface area contributed by atoms with Crippen molar-refractivity contribution in [2.24, 2.45) is 0 Å². The van der Waals surface area contributed by atoms with Gasteiger partial charge in [-0.15, -0.1) is 10.2 Å². The largest absolute Gasteiger partial charge is 0.294 e. The molecule has 0 spiro atoms. The van der Waals surface area contributed by atoms with Crippen LogP contribution >= 0.6 is 0 Å². The Morgan fingerprint density at radius 1 is 1.17 bits per heavy atom. The number of nitrogens with zero attached hydrogens (tertiary/aromatic N) is 5. The average molecular weight is 242 g/mol. The quantitative estimate of drug-likeness (QED) is 0.706. The number of hydrogen-bond donors (Lipinski definition) is 1. The number of aromatic amines is 1. The highest BCUT2D eigenvalue weighted by molar-refractivity contribution is 5.54. The van der Waals surface area contributed by atoms with Gasteiger partial charge in [-0.3, -0.25) is 10.1 Å². The van der Waals surface area contributed by atoms with Crippen molar-refractivity contribution < 1.29 is 0 Å². The molecule has 3 rings (SSSR count). The van der Waals surface area contributed by atoms with E-state index in [0.29, 0.717) is 11.5 Å². The molecule has 1 N–H and O–H groups in total. The van der Waals surface area contributed by atoms with E-state index in [-0.39, 0.29) is 5.41 Å². The summed E-state index contributed by atoms with van der Waals surface area (Å²) >= 11 is 0. The molecule has 0 aliphatic carbocycles. The fourth-order valence-electron chi connectivity index (χ4n) is 1.75. The molecule has 6 heteroatoms. The molecule has 3 heterocycles. The maximum Gasteiger partial charge on any atom is 0.203 e. The van der Waals surface area contributed by atoms with E-state index in [4.69, 9.17) is 0 Å². The zero-order chi connectivity index (χ0) is 12.8. The minimum absolute atomic E-state index is 0.0420. The highest BCUT2D eigenvalue weighted by Gasteiger charge is 2.19. The Morgan fingerprint density at radius 2 is 2.00 bits per heavy atom. The van der Waals surface area contributed by atoms with E-state index >= 15 is 0 Å². The Morgan fingerprint density at radius 3 is 2.67 bits per heavy atom. The van der Waals surface area contributed by atoms with Crippen molar-refractivity contribution in [1.82, 2.24) is 29.8 Å². The molecule has 0 aromatic carbocycles. The fraction of sp³-hybridized carbons (Fsp3) is 0.333. The first-order chi connectivity index (χ1) is 8.55. The number of rotatable bonds is 1. The molecule has 6 nitrogen and oxygen atoms in total. The van der Waals surface area contributed by atoms with Crippen molar-refractivity contribution >= 4 is 5.65 Å². The zero-order valence-corrected chi connectivity index (χ0v) is 10.5. The molecular formula is C12H14N6. The van der Waals surface area contributed by atoms with Crippen LogP contribution < -0.4 is 0 Å². The highest BCUT2D eigenvalue weighted by atomic mass is 15.4. The first kappa shape index (κ1) is 10.9. The van der Waals surface area contributed by atoms with Gasteiger partial charge < -0.3 is 0 Å². The Hall–Kier alpha value is -2.24. The second-order valence-electron chi connectivity index (χ2n) is 5.23. The molecule has 0 aliphatic rings. The van der Waals surface area contributed by atoms with Crippen LogP contribution in [0.25, 0.3) is 17.2 Å². The molecule has 18 heavy (non-hydrogen) atoms. The van der Waals surface area contributed by atoms with Crippen LogP contribution in [0.4, 0.5) is 0 Å². The van der Waals surface area contributed by atoms with Crippen molar-refractivity contribution in [1.29, 1.82) is 0 Å². The van der Waals surface area contributed by atoms with E-state index in [1.807, 2.05) is 10.6 Å². The first-order valence-electron chi connectivity index (χ1n) is 5.77. The maximum absolute atomic E-state index is 4.24. The Bertz CT molecular complexity index is 673. The Kier molecular flexibility index (Phi) is 2.19. The van der Waals surface area contributed by atoms with E-state index in [2.05, 4.69) is 46.0 Å². The van der Waals surface area contributed by atoms with Crippen LogP contribution in [0.2, 0.25) is 0 Å². The summed E-state index contributed by atoms with van der Waals surface area (Å²) in [4.78, 5) is 8.28. The summed E-state index contributed by atoms with van der Waals surface area (Å²) in [6.07, 6.45) is 4.95. The van der Waals surface area contributed by atoms with Gasteiger partial charge in [-0.05, 0) is 0 Å². The molecule has 0 saturated carbocycles. The summed E-state index contributed by atoms with van der Waals surface area (Å²) in [5.41, 5.74) is 2.64. The lowest BCUT2D eigenvalue weighted by Gasteiger charge is -2.15. The minimum Gasteiger partial charge on any atom is -0.294 e. The normalized spacial score (nSPS) is 12.2. The third-order valence-electron chi connectivity index (χ3n) is 2.79. The van der Waals surface area contributed by atoms with Crippen LogP contribution in [0.5, 0.6) is 0 Å². The molecule has 92 valence electrons. The summed E-state index contributed by atoms with van der Waals surface area (Å²) in [6.45, 7) is 6.44. The summed E-state index contributed by atoms with van der Waals surface area (Å²) in [5.74, 6) is 0.675. The van der Waals surface area contributed by atoms with Gasteiger partial charge in [0.15, 0.2) is 5.65 Å². The number of aromatic nitrogens is 6. The second-order valence-corrected chi connectivity index (χ2v) is 5.23. The second kappa shape index (κ2) is 3.63. The molecule has 3 aromatic heterocycles. The van der Waals surface area contributed by atoms with Crippen molar-refractivity contribution in [3.05, 3.63) is 30.4 Å². The van der Waals surface area contributed by atoms with Crippen molar-refractivity contribution in [2.75, 3.05) is 0 Å². The van der Waals surface area contributed by atoms with Gasteiger partial charge in [0, 0.05) is 29.6 Å². The summed E-state index contributed by atoms with van der Waals surface area (Å²) < 4.78 is 1.84. The summed E-state index contributed by atoms with van der Waals surface area (Å²) in [7, 11) is 0. The number of fused-ring (bicyclic) bond motifs is 1.